The molecular weight excluding hydrogens is 276 g/mol. The van der Waals surface area contributed by atoms with Crippen LogP contribution >= 0.6 is 27.3 Å². The molecule has 15 heavy (non-hydrogen) atoms. The summed E-state index contributed by atoms with van der Waals surface area (Å²) >= 11 is 4.75. The minimum absolute atomic E-state index is 0.0752. The van der Waals surface area contributed by atoms with Gasteiger partial charge in [0.2, 0.25) is 0 Å². The van der Waals surface area contributed by atoms with Crippen molar-refractivity contribution < 1.29 is 4.79 Å². The van der Waals surface area contributed by atoms with Crippen LogP contribution in [0.2, 0.25) is 0 Å². The molecule has 0 aliphatic rings. The lowest BCUT2D eigenvalue weighted by molar-refractivity contribution is 0.0995. The van der Waals surface area contributed by atoms with Crippen LogP contribution in [0.1, 0.15) is 15.4 Å². The number of aromatic nitrogens is 2. The molecule has 2 aromatic heterocycles. The van der Waals surface area contributed by atoms with Crippen molar-refractivity contribution in [3.05, 3.63) is 45.1 Å². The minimum atomic E-state index is 0.0752. The maximum Gasteiger partial charge on any atom is 0.178 e. The summed E-state index contributed by atoms with van der Waals surface area (Å²) in [5.74, 6) is 0.0752. The summed E-state index contributed by atoms with van der Waals surface area (Å²) in [6.45, 7) is 0. The molecule has 0 unspecified atom stereocenters. The van der Waals surface area contributed by atoms with Gasteiger partial charge in [-0.25, -0.2) is 0 Å². The molecule has 76 valence electrons. The van der Waals surface area contributed by atoms with Gasteiger partial charge in [0.1, 0.15) is 0 Å². The van der Waals surface area contributed by atoms with Crippen LogP contribution in [0.5, 0.6) is 0 Å². The molecule has 0 saturated heterocycles. The van der Waals surface area contributed by atoms with Crippen molar-refractivity contribution >= 4 is 33.0 Å². The lowest BCUT2D eigenvalue weighted by Crippen LogP contribution is -2.03. The minimum Gasteiger partial charge on any atom is -0.293 e. The Kier molecular flexibility index (Phi) is 3.23. The summed E-state index contributed by atoms with van der Waals surface area (Å²) in [4.78, 5) is 20.5. The fourth-order valence-electron chi connectivity index (χ4n) is 1.13. The number of Topliss-reactive ketones (excluding diaryl/α,β-unsaturated/α-hetero) is 1. The predicted molar refractivity (Wildman–Crippen MR) is 62.1 cm³/mol. The Bertz CT molecular complexity index is 469. The number of rotatable bonds is 3. The number of carbonyl (C=O) groups is 1. The number of ketones is 1. The molecule has 0 bridgehead atoms. The van der Waals surface area contributed by atoms with Gasteiger partial charge in [-0.1, -0.05) is 0 Å². The third kappa shape index (κ3) is 2.70. The Morgan fingerprint density at radius 2 is 2.33 bits per heavy atom. The smallest absolute Gasteiger partial charge is 0.178 e. The molecule has 2 aromatic rings. The van der Waals surface area contributed by atoms with Gasteiger partial charge in [0.15, 0.2) is 5.78 Å². The summed E-state index contributed by atoms with van der Waals surface area (Å²) in [5, 5.41) is 1.89. The van der Waals surface area contributed by atoms with Gasteiger partial charge in [-0.3, -0.25) is 14.8 Å². The van der Waals surface area contributed by atoms with Crippen molar-refractivity contribution in [2.45, 2.75) is 6.42 Å². The van der Waals surface area contributed by atoms with Gasteiger partial charge >= 0.3 is 0 Å². The average molecular weight is 283 g/mol. The third-order valence-corrected chi connectivity index (χ3v) is 3.53. The van der Waals surface area contributed by atoms with Gasteiger partial charge in [0, 0.05) is 28.4 Å². The van der Waals surface area contributed by atoms with Gasteiger partial charge in [0.25, 0.3) is 0 Å². The Morgan fingerprint density at radius 3 is 2.93 bits per heavy atom. The van der Waals surface area contributed by atoms with Crippen LogP contribution in [-0.4, -0.2) is 15.8 Å². The fourth-order valence-corrected chi connectivity index (χ4v) is 2.50. The molecule has 0 spiro atoms. The highest BCUT2D eigenvalue weighted by Gasteiger charge is 2.10. The predicted octanol–water partition coefficient (Wildman–Crippen LogP) is 2.73. The standard InChI is InChI=1S/C10H7BrN2OS/c11-7-3-10(15-6-7)9(14)4-8-5-12-1-2-13-8/h1-3,5-6H,4H2. The first-order chi connectivity index (χ1) is 7.25. The molecule has 0 saturated carbocycles. The van der Waals surface area contributed by atoms with Crippen molar-refractivity contribution in [3.8, 4) is 0 Å². The highest BCUT2D eigenvalue weighted by atomic mass is 79.9. The average Bonchev–Trinajstić information content (AvgIpc) is 2.66. The zero-order valence-electron chi connectivity index (χ0n) is 7.68. The van der Waals surface area contributed by atoms with E-state index in [1.165, 1.54) is 11.3 Å². The summed E-state index contributed by atoms with van der Waals surface area (Å²) in [5.41, 5.74) is 0.701. The third-order valence-electron chi connectivity index (χ3n) is 1.80. The van der Waals surface area contributed by atoms with Gasteiger partial charge < -0.3 is 0 Å². The second-order valence-electron chi connectivity index (χ2n) is 2.93. The van der Waals surface area contributed by atoms with Crippen molar-refractivity contribution in [1.82, 2.24) is 9.97 Å². The molecular formula is C10H7BrN2OS. The molecule has 0 amide bonds. The summed E-state index contributed by atoms with van der Waals surface area (Å²) in [6, 6.07) is 1.82. The second-order valence-corrected chi connectivity index (χ2v) is 4.75. The van der Waals surface area contributed by atoms with E-state index in [1.807, 2.05) is 11.4 Å². The summed E-state index contributed by atoms with van der Waals surface area (Å²) in [7, 11) is 0. The zero-order valence-corrected chi connectivity index (χ0v) is 10.1. The Labute approximate surface area is 99.3 Å². The van der Waals surface area contributed by atoms with E-state index in [-0.39, 0.29) is 5.78 Å². The Balaban J connectivity index is 2.11. The lowest BCUT2D eigenvalue weighted by atomic mass is 10.2. The van der Waals surface area contributed by atoms with E-state index in [4.69, 9.17) is 0 Å². The van der Waals surface area contributed by atoms with E-state index < -0.39 is 0 Å². The number of thiophene rings is 1. The van der Waals surface area contributed by atoms with E-state index in [0.717, 1.165) is 9.35 Å². The molecule has 2 rings (SSSR count). The molecule has 3 nitrogen and oxygen atoms in total. The van der Waals surface area contributed by atoms with Gasteiger partial charge in [-0.05, 0) is 22.0 Å². The number of nitrogens with zero attached hydrogens (tertiary/aromatic N) is 2. The monoisotopic (exact) mass is 282 g/mol. The highest BCUT2D eigenvalue weighted by Crippen LogP contribution is 2.20. The molecule has 2 heterocycles. The molecule has 0 fully saturated rings. The first-order valence-corrected chi connectivity index (χ1v) is 5.95. The van der Waals surface area contributed by atoms with Gasteiger partial charge in [-0.15, -0.1) is 11.3 Å². The van der Waals surface area contributed by atoms with E-state index in [1.54, 1.807) is 18.6 Å². The molecule has 0 atom stereocenters. The summed E-state index contributed by atoms with van der Waals surface area (Å²) in [6.07, 6.45) is 5.10. The summed E-state index contributed by atoms with van der Waals surface area (Å²) < 4.78 is 0.940. The van der Waals surface area contributed by atoms with Crippen LogP contribution in [-0.2, 0) is 6.42 Å². The highest BCUT2D eigenvalue weighted by molar-refractivity contribution is 9.10. The van der Waals surface area contributed by atoms with Crippen molar-refractivity contribution in [3.63, 3.8) is 0 Å². The zero-order chi connectivity index (χ0) is 10.7. The van der Waals surface area contributed by atoms with Gasteiger partial charge in [0.05, 0.1) is 17.0 Å². The van der Waals surface area contributed by atoms with Crippen LogP contribution in [0.4, 0.5) is 0 Å². The lowest BCUT2D eigenvalue weighted by Gasteiger charge is -1.96. The SMILES string of the molecule is O=C(Cc1cnccn1)c1cc(Br)cs1. The first-order valence-electron chi connectivity index (χ1n) is 4.28. The maximum absolute atomic E-state index is 11.7. The molecule has 0 aliphatic carbocycles. The molecule has 0 N–H and O–H groups in total. The van der Waals surface area contributed by atoms with E-state index in [9.17, 15) is 4.79 Å². The van der Waals surface area contributed by atoms with Crippen LogP contribution < -0.4 is 0 Å². The normalized spacial score (nSPS) is 10.2. The quantitative estimate of drug-likeness (QED) is 0.813. The van der Waals surface area contributed by atoms with Crippen LogP contribution in [0.3, 0.4) is 0 Å². The largest absolute Gasteiger partial charge is 0.293 e. The van der Waals surface area contributed by atoms with Crippen molar-refractivity contribution in [2.24, 2.45) is 0 Å². The Hall–Kier alpha value is -1.07. The van der Waals surface area contributed by atoms with E-state index in [0.29, 0.717) is 12.1 Å². The van der Waals surface area contributed by atoms with Crippen LogP contribution in [0, 0.1) is 0 Å². The van der Waals surface area contributed by atoms with Crippen LogP contribution in [0.15, 0.2) is 34.5 Å². The first kappa shape index (κ1) is 10.4. The fraction of sp³-hybridized carbons (Fsp3) is 0.100. The molecule has 5 heteroatoms. The van der Waals surface area contributed by atoms with Gasteiger partial charge in [-0.2, -0.15) is 0 Å². The van der Waals surface area contributed by atoms with E-state index in [2.05, 4.69) is 25.9 Å². The molecule has 0 radical (unpaired) electrons. The number of carbonyl (C=O) groups excluding carboxylic acids is 1. The van der Waals surface area contributed by atoms with Crippen molar-refractivity contribution in [2.75, 3.05) is 0 Å². The topological polar surface area (TPSA) is 42.9 Å². The number of halogens is 1. The number of hydrogen-bond donors (Lipinski definition) is 0. The van der Waals surface area contributed by atoms with E-state index >= 15 is 0 Å². The Morgan fingerprint density at radius 1 is 1.47 bits per heavy atom. The van der Waals surface area contributed by atoms with Crippen molar-refractivity contribution in [1.29, 1.82) is 0 Å². The maximum atomic E-state index is 11.7. The number of hydrogen-bond acceptors (Lipinski definition) is 4. The molecule has 0 aliphatic heterocycles. The van der Waals surface area contributed by atoms with Crippen LogP contribution in [0.25, 0.3) is 0 Å². The second kappa shape index (κ2) is 4.63. The molecule has 0 aromatic carbocycles.